The Morgan fingerprint density at radius 3 is 3.12 bits per heavy atom. The Morgan fingerprint density at radius 2 is 2.35 bits per heavy atom. The molecular formula is C13H18N3O. The minimum Gasteiger partial charge on any atom is -0.373 e. The predicted molar refractivity (Wildman–Crippen MR) is 66.9 cm³/mol. The topological polar surface area (TPSA) is 38.6 Å². The third kappa shape index (κ3) is 1.92. The highest BCUT2D eigenvalue weighted by Crippen LogP contribution is 2.36. The largest absolute Gasteiger partial charge is 0.373 e. The van der Waals surface area contributed by atoms with Crippen molar-refractivity contribution in [1.82, 2.24) is 10.7 Å². The number of nitrogens with zero attached hydrogens (tertiary/aromatic N) is 2. The summed E-state index contributed by atoms with van der Waals surface area (Å²) in [5, 5.41) is 5.45. The molecule has 1 aromatic rings. The monoisotopic (exact) mass is 232 g/mol. The molecule has 4 nitrogen and oxygen atoms in total. The zero-order valence-electron chi connectivity index (χ0n) is 10.1. The Bertz CT molecular complexity index is 390. The zero-order valence-corrected chi connectivity index (χ0v) is 10.1. The molecule has 2 unspecified atom stereocenters. The lowest BCUT2D eigenvalue weighted by Gasteiger charge is -2.28. The third-order valence-electron chi connectivity index (χ3n) is 3.41. The number of morpholine rings is 1. The number of ether oxygens (including phenoxy) is 1. The maximum Gasteiger partial charge on any atom is 0.102 e. The summed E-state index contributed by atoms with van der Waals surface area (Å²) in [6.07, 6.45) is 0.168. The molecule has 4 heteroatoms. The van der Waals surface area contributed by atoms with Crippen LogP contribution in [0.15, 0.2) is 24.3 Å². The molecule has 1 radical (unpaired) electrons. The van der Waals surface area contributed by atoms with Crippen LogP contribution >= 0.6 is 0 Å². The van der Waals surface area contributed by atoms with Gasteiger partial charge in [-0.1, -0.05) is 18.2 Å². The van der Waals surface area contributed by atoms with E-state index in [4.69, 9.17) is 10.2 Å². The van der Waals surface area contributed by atoms with Gasteiger partial charge in [0.05, 0.1) is 18.4 Å². The Balaban J connectivity index is 1.87. The van der Waals surface area contributed by atoms with Crippen molar-refractivity contribution in [3.63, 3.8) is 0 Å². The maximum absolute atomic E-state index is 5.83. The summed E-state index contributed by atoms with van der Waals surface area (Å²) in [7, 11) is 0. The predicted octanol–water partition coefficient (Wildman–Crippen LogP) is 1.08. The molecule has 2 heterocycles. The van der Waals surface area contributed by atoms with Crippen LogP contribution in [-0.2, 0) is 4.74 Å². The van der Waals surface area contributed by atoms with Crippen molar-refractivity contribution in [2.75, 3.05) is 31.3 Å². The lowest BCUT2D eigenvalue weighted by atomic mass is 10.0. The third-order valence-corrected chi connectivity index (χ3v) is 3.41. The first-order chi connectivity index (χ1) is 8.40. The van der Waals surface area contributed by atoms with Crippen molar-refractivity contribution >= 4 is 5.69 Å². The number of anilines is 1. The average molecular weight is 232 g/mol. The molecule has 0 spiro atoms. The normalized spacial score (nSPS) is 28.2. The van der Waals surface area contributed by atoms with E-state index in [1.54, 1.807) is 0 Å². The van der Waals surface area contributed by atoms with Crippen molar-refractivity contribution in [3.05, 3.63) is 29.8 Å². The van der Waals surface area contributed by atoms with Crippen LogP contribution in [0.1, 0.15) is 18.5 Å². The number of rotatable bonds is 2. The van der Waals surface area contributed by atoms with E-state index < -0.39 is 0 Å². The van der Waals surface area contributed by atoms with Crippen molar-refractivity contribution in [1.29, 1.82) is 0 Å². The lowest BCUT2D eigenvalue weighted by molar-refractivity contribution is 0.00476. The molecule has 0 amide bonds. The molecule has 91 valence electrons. The minimum atomic E-state index is 0.152. The number of benzene rings is 1. The van der Waals surface area contributed by atoms with Gasteiger partial charge in [0.2, 0.25) is 0 Å². The van der Waals surface area contributed by atoms with Crippen molar-refractivity contribution in [2.24, 2.45) is 0 Å². The van der Waals surface area contributed by atoms with Gasteiger partial charge >= 0.3 is 0 Å². The van der Waals surface area contributed by atoms with Gasteiger partial charge in [0, 0.05) is 25.2 Å². The van der Waals surface area contributed by atoms with Crippen LogP contribution in [0.2, 0.25) is 0 Å². The van der Waals surface area contributed by atoms with E-state index >= 15 is 0 Å². The summed E-state index contributed by atoms with van der Waals surface area (Å²) in [5.41, 5.74) is 7.29. The second-order valence-electron chi connectivity index (χ2n) is 4.45. The number of hydrogen-bond donors (Lipinski definition) is 1. The Hall–Kier alpha value is -1.10. The molecule has 2 aliphatic rings. The van der Waals surface area contributed by atoms with E-state index in [9.17, 15) is 0 Å². The summed E-state index contributed by atoms with van der Waals surface area (Å²) in [5.74, 6) is 0. The molecule has 1 fully saturated rings. The Labute approximate surface area is 102 Å². The highest BCUT2D eigenvalue weighted by atomic mass is 16.5. The van der Waals surface area contributed by atoms with Gasteiger partial charge in [-0.3, -0.25) is 5.01 Å². The lowest BCUT2D eigenvalue weighted by Crippen LogP contribution is -2.44. The molecule has 17 heavy (non-hydrogen) atoms. The van der Waals surface area contributed by atoms with Crippen LogP contribution in [0.5, 0.6) is 0 Å². The van der Waals surface area contributed by atoms with Crippen molar-refractivity contribution in [3.8, 4) is 0 Å². The fourth-order valence-corrected chi connectivity index (χ4v) is 2.56. The molecule has 3 rings (SSSR count). The number of fused-ring (bicyclic) bond motifs is 1. The molecule has 0 aliphatic carbocycles. The van der Waals surface area contributed by atoms with Crippen LogP contribution in [0.4, 0.5) is 5.69 Å². The van der Waals surface area contributed by atoms with Gasteiger partial charge < -0.3 is 10.1 Å². The molecule has 0 aromatic heterocycles. The number of nitrogens with one attached hydrogen (secondary N) is 1. The molecule has 2 atom stereocenters. The smallest absolute Gasteiger partial charge is 0.102 e. The van der Waals surface area contributed by atoms with Crippen molar-refractivity contribution in [2.45, 2.75) is 19.1 Å². The average Bonchev–Trinajstić information content (AvgIpc) is 2.78. The molecule has 1 aromatic carbocycles. The summed E-state index contributed by atoms with van der Waals surface area (Å²) in [6.45, 7) is 5.66. The van der Waals surface area contributed by atoms with Crippen LogP contribution < -0.4 is 15.8 Å². The summed E-state index contributed by atoms with van der Waals surface area (Å²) >= 11 is 0. The molecule has 0 saturated carbocycles. The highest BCUT2D eigenvalue weighted by molar-refractivity contribution is 5.58. The first-order valence-electron chi connectivity index (χ1n) is 6.29. The van der Waals surface area contributed by atoms with E-state index in [1.165, 1.54) is 11.3 Å². The standard InChI is InChI=1S/C13H18N3O/c1-2-16-11-6-4-3-5-10(11)13(15-16)12-9-14-7-8-17-12/h3-6,12-14H,2,7-9H2,1H3. The molecule has 1 saturated heterocycles. The summed E-state index contributed by atoms with van der Waals surface area (Å²) in [6, 6.07) is 8.60. The van der Waals surface area contributed by atoms with Gasteiger partial charge in [0.15, 0.2) is 0 Å². The van der Waals surface area contributed by atoms with Gasteiger partial charge in [-0.25, -0.2) is 0 Å². The summed E-state index contributed by atoms with van der Waals surface area (Å²) < 4.78 is 5.83. The fourth-order valence-electron chi connectivity index (χ4n) is 2.56. The van der Waals surface area contributed by atoms with E-state index in [-0.39, 0.29) is 12.1 Å². The number of hydrogen-bond acceptors (Lipinski definition) is 3. The quantitative estimate of drug-likeness (QED) is 0.829. The zero-order chi connectivity index (χ0) is 11.7. The SMILES string of the molecule is CCN1[N]C(C2CNCCO2)c2ccccc21. The van der Waals surface area contributed by atoms with Crippen molar-refractivity contribution < 1.29 is 4.74 Å². The maximum atomic E-state index is 5.83. The molecule has 1 N–H and O–H groups in total. The second-order valence-corrected chi connectivity index (χ2v) is 4.45. The van der Waals surface area contributed by atoms with E-state index in [1.807, 2.05) is 0 Å². The van der Waals surface area contributed by atoms with E-state index in [0.717, 1.165) is 26.2 Å². The highest BCUT2D eigenvalue weighted by Gasteiger charge is 2.35. The van der Waals surface area contributed by atoms with Crippen LogP contribution in [0.25, 0.3) is 0 Å². The van der Waals surface area contributed by atoms with Gasteiger partial charge in [-0.15, -0.1) is 5.43 Å². The van der Waals surface area contributed by atoms with E-state index in [0.29, 0.717) is 0 Å². The van der Waals surface area contributed by atoms with E-state index in [2.05, 4.69) is 41.5 Å². The second kappa shape index (κ2) is 4.64. The Kier molecular flexibility index (Phi) is 3.01. The Morgan fingerprint density at radius 1 is 1.47 bits per heavy atom. The first-order valence-corrected chi connectivity index (χ1v) is 6.29. The summed E-state index contributed by atoms with van der Waals surface area (Å²) in [4.78, 5) is 0. The van der Waals surface area contributed by atoms with Gasteiger partial charge in [-0.05, 0) is 13.0 Å². The first kappa shape index (κ1) is 11.0. The van der Waals surface area contributed by atoms with Gasteiger partial charge in [0.1, 0.15) is 6.04 Å². The fraction of sp³-hybridized carbons (Fsp3) is 0.538. The molecule has 0 bridgehead atoms. The molecular weight excluding hydrogens is 214 g/mol. The molecule has 2 aliphatic heterocycles. The minimum absolute atomic E-state index is 0.152. The van der Waals surface area contributed by atoms with Crippen LogP contribution in [0, 0.1) is 0 Å². The van der Waals surface area contributed by atoms with Gasteiger partial charge in [0.25, 0.3) is 0 Å². The van der Waals surface area contributed by atoms with Crippen LogP contribution in [-0.4, -0.2) is 32.3 Å². The van der Waals surface area contributed by atoms with Gasteiger partial charge in [-0.2, -0.15) is 0 Å². The number of para-hydroxylation sites is 1. The van der Waals surface area contributed by atoms with Crippen LogP contribution in [0.3, 0.4) is 0 Å².